The Morgan fingerprint density at radius 2 is 1.82 bits per heavy atom. The number of hydrogen-bond donors (Lipinski definition) is 2. The van der Waals surface area contributed by atoms with E-state index in [1.165, 1.54) is 4.90 Å². The molecular weight excluding hydrogens is 642 g/mol. The van der Waals surface area contributed by atoms with E-state index in [9.17, 15) is 19.5 Å². The molecule has 2 saturated heterocycles. The van der Waals surface area contributed by atoms with Crippen LogP contribution in [0.25, 0.3) is 0 Å². The maximum atomic E-state index is 15.1. The molecule has 11 heteroatoms. The molecule has 242 valence electrons. The fourth-order valence-corrected chi connectivity index (χ4v) is 8.63. The lowest BCUT2D eigenvalue weighted by Gasteiger charge is -2.42. The molecule has 5 bridgehead atoms. The van der Waals surface area contributed by atoms with Gasteiger partial charge in [0.25, 0.3) is 0 Å². The highest BCUT2D eigenvalue weighted by Gasteiger charge is 2.75. The van der Waals surface area contributed by atoms with Crippen LogP contribution in [-0.2, 0) is 35.1 Å². The number of aliphatic hydroxyl groups is 1. The molecule has 1 saturated carbocycles. The van der Waals surface area contributed by atoms with E-state index >= 15 is 4.79 Å². The van der Waals surface area contributed by atoms with Crippen LogP contribution in [0.4, 0.5) is 0 Å². The molecule has 0 unspecified atom stereocenters. The van der Waals surface area contributed by atoms with E-state index in [1.54, 1.807) is 13.0 Å². The summed E-state index contributed by atoms with van der Waals surface area (Å²) in [5.74, 6) is -3.42. The molecule has 5 aliphatic rings. The molecule has 1 spiro atoms. The molecule has 0 aromatic heterocycles. The quantitative estimate of drug-likeness (QED) is 0.361. The standard InChI is InChI=1S/C34H42BrN3O7/c1-21-19-36-26(40)15-9-4-10-16-37(23-13-7-3-8-14-23)32(42)30-34-18-25(35)29(45-34)27(33(43)44-21)28(34)31(41)38(30)24(20-39)17-22-11-5-2-6-12-22/h2,4-6,10-12,18,21,23-24,27-30,39H,3,7-9,13-17,19-20H2,1H3,(H,36,40)/b10-4-/t21-,24+,27+,28-,29+,30+,34-/m0/s1. The van der Waals surface area contributed by atoms with Crippen molar-refractivity contribution < 1.29 is 33.8 Å². The first-order valence-electron chi connectivity index (χ1n) is 16.2. The number of likely N-dealkylation sites (tertiary alicyclic amines) is 1. The highest BCUT2D eigenvalue weighted by molar-refractivity contribution is 9.11. The van der Waals surface area contributed by atoms with Gasteiger partial charge < -0.3 is 29.7 Å². The Kier molecular flexibility index (Phi) is 9.49. The van der Waals surface area contributed by atoms with Crippen molar-refractivity contribution in [2.24, 2.45) is 11.8 Å². The molecule has 1 aliphatic carbocycles. The van der Waals surface area contributed by atoms with Crippen molar-refractivity contribution in [1.29, 1.82) is 0 Å². The number of benzene rings is 1. The van der Waals surface area contributed by atoms with Crippen molar-refractivity contribution in [3.8, 4) is 0 Å². The first kappa shape index (κ1) is 31.9. The van der Waals surface area contributed by atoms with Gasteiger partial charge in [-0.15, -0.1) is 0 Å². The topological polar surface area (TPSA) is 125 Å². The predicted octanol–water partition coefficient (Wildman–Crippen LogP) is 3.02. The normalized spacial score (nSPS) is 34.3. The molecule has 4 aliphatic heterocycles. The van der Waals surface area contributed by atoms with Gasteiger partial charge in [0.05, 0.1) is 25.1 Å². The Bertz CT molecular complexity index is 1360. The number of nitrogens with zero attached hydrogens (tertiary/aromatic N) is 2. The Morgan fingerprint density at radius 3 is 2.56 bits per heavy atom. The zero-order chi connectivity index (χ0) is 31.7. The van der Waals surface area contributed by atoms with Crippen molar-refractivity contribution in [2.45, 2.75) is 94.2 Å². The van der Waals surface area contributed by atoms with Gasteiger partial charge >= 0.3 is 5.97 Å². The number of esters is 1. The number of carbonyl (C=O) groups excluding carboxylic acids is 4. The Labute approximate surface area is 272 Å². The van der Waals surface area contributed by atoms with E-state index in [0.717, 1.165) is 37.7 Å². The van der Waals surface area contributed by atoms with Crippen LogP contribution in [0.3, 0.4) is 0 Å². The maximum absolute atomic E-state index is 15.1. The van der Waals surface area contributed by atoms with Crippen molar-refractivity contribution in [3.63, 3.8) is 0 Å². The average molecular weight is 685 g/mol. The maximum Gasteiger partial charge on any atom is 0.313 e. The van der Waals surface area contributed by atoms with Crippen LogP contribution >= 0.6 is 15.9 Å². The second kappa shape index (κ2) is 13.4. The van der Waals surface area contributed by atoms with E-state index in [0.29, 0.717) is 23.9 Å². The highest BCUT2D eigenvalue weighted by Crippen LogP contribution is 2.59. The summed E-state index contributed by atoms with van der Waals surface area (Å²) in [6.07, 6.45) is 10.1. The molecule has 6 rings (SSSR count). The van der Waals surface area contributed by atoms with Crippen LogP contribution in [0.15, 0.2) is 53.0 Å². The van der Waals surface area contributed by atoms with Gasteiger partial charge in [-0.2, -0.15) is 0 Å². The van der Waals surface area contributed by atoms with Gasteiger partial charge in [0.1, 0.15) is 29.8 Å². The average Bonchev–Trinajstić information content (AvgIpc) is 3.64. The van der Waals surface area contributed by atoms with Gasteiger partial charge in [-0.05, 0) is 44.2 Å². The van der Waals surface area contributed by atoms with Crippen LogP contribution in [0.1, 0.15) is 57.4 Å². The van der Waals surface area contributed by atoms with E-state index in [1.807, 2.05) is 47.4 Å². The largest absolute Gasteiger partial charge is 0.460 e. The number of halogens is 1. The number of carbonyl (C=O) groups is 4. The number of fused-ring (bicyclic) bond motifs is 2. The Morgan fingerprint density at radius 1 is 1.07 bits per heavy atom. The molecule has 7 atom stereocenters. The fourth-order valence-electron chi connectivity index (χ4n) is 7.89. The molecule has 4 heterocycles. The third kappa shape index (κ3) is 5.99. The van der Waals surface area contributed by atoms with Gasteiger partial charge in [-0.25, -0.2) is 0 Å². The number of aliphatic hydroxyl groups excluding tert-OH is 1. The van der Waals surface area contributed by atoms with Gasteiger partial charge in [0.2, 0.25) is 17.7 Å². The van der Waals surface area contributed by atoms with E-state index in [2.05, 4.69) is 21.2 Å². The summed E-state index contributed by atoms with van der Waals surface area (Å²) in [5, 5.41) is 13.6. The predicted molar refractivity (Wildman–Crippen MR) is 169 cm³/mol. The smallest absolute Gasteiger partial charge is 0.313 e. The summed E-state index contributed by atoms with van der Waals surface area (Å²) in [6, 6.07) is 7.74. The number of amides is 3. The first-order valence-corrected chi connectivity index (χ1v) is 17.0. The minimum atomic E-state index is -1.41. The molecule has 3 fully saturated rings. The van der Waals surface area contributed by atoms with Crippen molar-refractivity contribution >= 4 is 39.6 Å². The van der Waals surface area contributed by atoms with Gasteiger partial charge in [-0.3, -0.25) is 19.2 Å². The van der Waals surface area contributed by atoms with Crippen molar-refractivity contribution in [2.75, 3.05) is 19.7 Å². The summed E-state index contributed by atoms with van der Waals surface area (Å²) in [7, 11) is 0. The summed E-state index contributed by atoms with van der Waals surface area (Å²) >= 11 is 3.60. The lowest BCUT2D eigenvalue weighted by Crippen LogP contribution is -2.60. The van der Waals surface area contributed by atoms with Crippen LogP contribution in [-0.4, -0.2) is 94.2 Å². The SMILES string of the molecule is C[C@H]1CNC(=O)CC/C=C\CN(C2CCCCC2)C(=O)[C@H]2N([C@@H](CO)Cc3ccccc3)C(=O)[C@@H]3[C@@H](C(=O)O1)[C@@H]1O[C@@]32C=C1Br. The summed E-state index contributed by atoms with van der Waals surface area (Å²) in [6.45, 7) is 1.79. The highest BCUT2D eigenvalue weighted by atomic mass is 79.9. The zero-order valence-corrected chi connectivity index (χ0v) is 27.2. The molecule has 2 N–H and O–H groups in total. The Hall–Kier alpha value is -3.02. The van der Waals surface area contributed by atoms with Gasteiger partial charge in [0, 0.05) is 23.5 Å². The van der Waals surface area contributed by atoms with E-state index in [-0.39, 0.29) is 37.4 Å². The third-order valence-corrected chi connectivity index (χ3v) is 10.7. The summed E-state index contributed by atoms with van der Waals surface area (Å²) in [5.41, 5.74) is -0.492. The van der Waals surface area contributed by atoms with Crippen molar-refractivity contribution in [3.05, 3.63) is 58.6 Å². The fraction of sp³-hybridized carbons (Fsp3) is 0.588. The summed E-state index contributed by atoms with van der Waals surface area (Å²) < 4.78 is 13.0. The molecule has 45 heavy (non-hydrogen) atoms. The van der Waals surface area contributed by atoms with Crippen LogP contribution in [0.5, 0.6) is 0 Å². The molecule has 10 nitrogen and oxygen atoms in total. The number of allylic oxidation sites excluding steroid dienone is 1. The number of hydrogen-bond acceptors (Lipinski definition) is 7. The second-order valence-corrected chi connectivity index (χ2v) is 13.9. The van der Waals surface area contributed by atoms with Gasteiger partial charge in [0.15, 0.2) is 0 Å². The second-order valence-electron chi connectivity index (χ2n) is 12.9. The molecule has 1 aromatic rings. The zero-order valence-electron chi connectivity index (χ0n) is 25.6. The third-order valence-electron chi connectivity index (χ3n) is 10.00. The minimum absolute atomic E-state index is 0.0250. The monoisotopic (exact) mass is 683 g/mol. The number of rotatable bonds is 5. The van der Waals surface area contributed by atoms with Gasteiger partial charge in [-0.1, -0.05) is 77.7 Å². The molecule has 0 radical (unpaired) electrons. The van der Waals surface area contributed by atoms with E-state index in [4.69, 9.17) is 9.47 Å². The van der Waals surface area contributed by atoms with Crippen LogP contribution in [0.2, 0.25) is 0 Å². The van der Waals surface area contributed by atoms with Crippen LogP contribution in [0, 0.1) is 11.8 Å². The number of cyclic esters (lactones) is 1. The lowest BCUT2D eigenvalue weighted by molar-refractivity contribution is -0.159. The minimum Gasteiger partial charge on any atom is -0.460 e. The van der Waals surface area contributed by atoms with Crippen molar-refractivity contribution in [1.82, 2.24) is 15.1 Å². The van der Waals surface area contributed by atoms with Crippen LogP contribution < -0.4 is 5.32 Å². The van der Waals surface area contributed by atoms with E-state index < -0.39 is 53.6 Å². The molecular formula is C34H42BrN3O7. The molecule has 1 aromatic carbocycles. The lowest BCUT2D eigenvalue weighted by atomic mass is 9.74. The Balaban J connectivity index is 1.45. The number of nitrogens with one attached hydrogen (secondary N) is 1. The first-order chi connectivity index (χ1) is 21.7. The summed E-state index contributed by atoms with van der Waals surface area (Å²) in [4.78, 5) is 59.4. The number of ether oxygens (including phenoxy) is 2. The molecule has 3 amide bonds.